The van der Waals surface area contributed by atoms with Crippen molar-refractivity contribution in [2.24, 2.45) is 0 Å². The zero-order chi connectivity index (χ0) is 24.1. The monoisotopic (exact) mass is 440 g/mol. The van der Waals surface area contributed by atoms with Gasteiger partial charge >= 0.3 is 0 Å². The van der Waals surface area contributed by atoms with Crippen LogP contribution in [-0.2, 0) is 6.42 Å². The standard InChI is InChI=1S/C23H28N2OS.2C2H6/c1-7-18-13-19(10-11-20(18)15-26)22(8-2)25(17(4)27)21-12-9-16(3)23(14-21)24(5)6;2*1-2/h8-15,27H,4,7H2,1-3,5-6H3;2*1-2H3/b22-8-;;. The molecule has 2 aromatic carbocycles. The van der Waals surface area contributed by atoms with Gasteiger partial charge in [-0.3, -0.25) is 4.79 Å². The van der Waals surface area contributed by atoms with Gasteiger partial charge in [-0.25, -0.2) is 0 Å². The second-order valence-electron chi connectivity index (χ2n) is 6.68. The molecule has 0 bridgehead atoms. The first kappa shape index (κ1) is 28.5. The molecule has 0 aromatic heterocycles. The second-order valence-corrected chi connectivity index (χ2v) is 7.19. The third-order valence-corrected chi connectivity index (χ3v) is 4.85. The van der Waals surface area contributed by atoms with Crippen molar-refractivity contribution in [2.75, 3.05) is 23.9 Å². The predicted octanol–water partition coefficient (Wildman–Crippen LogP) is 7.76. The summed E-state index contributed by atoms with van der Waals surface area (Å²) in [4.78, 5) is 15.4. The summed E-state index contributed by atoms with van der Waals surface area (Å²) in [5.74, 6) is 0. The average molecular weight is 441 g/mol. The number of hydrogen-bond acceptors (Lipinski definition) is 4. The molecule has 0 saturated heterocycles. The first-order valence-electron chi connectivity index (χ1n) is 11.0. The van der Waals surface area contributed by atoms with Crippen LogP contribution in [-0.4, -0.2) is 20.4 Å². The lowest BCUT2D eigenvalue weighted by molar-refractivity contribution is 0.112. The van der Waals surface area contributed by atoms with Gasteiger partial charge in [-0.2, -0.15) is 0 Å². The Kier molecular flexibility index (Phi) is 13.4. The zero-order valence-electron chi connectivity index (χ0n) is 20.8. The summed E-state index contributed by atoms with van der Waals surface area (Å²) in [5.41, 5.74) is 7.13. The predicted molar refractivity (Wildman–Crippen MR) is 144 cm³/mol. The molecule has 0 saturated carbocycles. The largest absolute Gasteiger partial charge is 0.377 e. The Balaban J connectivity index is 0.00000212. The molecular formula is C27H40N2OS. The topological polar surface area (TPSA) is 23.6 Å². The van der Waals surface area contributed by atoms with Gasteiger partial charge in [0.25, 0.3) is 0 Å². The van der Waals surface area contributed by atoms with Crippen LogP contribution in [0.5, 0.6) is 0 Å². The van der Waals surface area contributed by atoms with Crippen LogP contribution in [0.3, 0.4) is 0 Å². The fourth-order valence-corrected chi connectivity index (χ4v) is 3.48. The summed E-state index contributed by atoms with van der Waals surface area (Å²) in [6.45, 7) is 18.2. The molecule has 0 atom stereocenters. The minimum atomic E-state index is 0.633. The minimum absolute atomic E-state index is 0.633. The SMILES string of the molecule is C=C(S)N(/C(=C\C)c1ccc(C=O)c(CC)c1)c1ccc(C)c(N(C)C)c1.CC.CC. The number of nitrogens with zero attached hydrogens (tertiary/aromatic N) is 2. The Bertz CT molecular complexity index is 885. The van der Waals surface area contributed by atoms with Crippen LogP contribution in [0.2, 0.25) is 0 Å². The van der Waals surface area contributed by atoms with Crippen molar-refractivity contribution in [3.63, 3.8) is 0 Å². The van der Waals surface area contributed by atoms with Gasteiger partial charge in [-0.1, -0.05) is 65.5 Å². The summed E-state index contributed by atoms with van der Waals surface area (Å²) in [7, 11) is 4.07. The van der Waals surface area contributed by atoms with Crippen LogP contribution >= 0.6 is 12.6 Å². The quantitative estimate of drug-likeness (QED) is 0.351. The van der Waals surface area contributed by atoms with Gasteiger partial charge in [0.15, 0.2) is 0 Å². The van der Waals surface area contributed by atoms with Crippen molar-refractivity contribution >= 4 is 36.0 Å². The third-order valence-electron chi connectivity index (χ3n) is 4.65. The number of carbonyl (C=O) groups is 1. The van der Waals surface area contributed by atoms with Crippen LogP contribution in [0.1, 0.15) is 68.6 Å². The molecule has 2 rings (SSSR count). The van der Waals surface area contributed by atoms with E-state index in [1.807, 2.05) is 71.8 Å². The van der Waals surface area contributed by atoms with Gasteiger partial charge < -0.3 is 9.80 Å². The number of anilines is 2. The molecular weight excluding hydrogens is 400 g/mol. The highest BCUT2D eigenvalue weighted by Crippen LogP contribution is 2.35. The van der Waals surface area contributed by atoms with E-state index in [-0.39, 0.29) is 0 Å². The van der Waals surface area contributed by atoms with Crippen LogP contribution in [0.4, 0.5) is 11.4 Å². The number of rotatable bonds is 7. The summed E-state index contributed by atoms with van der Waals surface area (Å²) in [5, 5.41) is 0.633. The van der Waals surface area contributed by atoms with E-state index in [9.17, 15) is 4.79 Å². The number of thiol groups is 1. The average Bonchev–Trinajstić information content (AvgIpc) is 2.79. The number of hydrogen-bond donors (Lipinski definition) is 1. The van der Waals surface area contributed by atoms with Gasteiger partial charge in [0.1, 0.15) is 6.29 Å². The molecule has 0 amide bonds. The molecule has 170 valence electrons. The van der Waals surface area contributed by atoms with Crippen molar-refractivity contribution in [3.8, 4) is 0 Å². The Labute approximate surface area is 195 Å². The van der Waals surface area contributed by atoms with Gasteiger partial charge in [0, 0.05) is 36.7 Å². The molecule has 0 fully saturated rings. The van der Waals surface area contributed by atoms with Crippen LogP contribution in [0.25, 0.3) is 5.70 Å². The summed E-state index contributed by atoms with van der Waals surface area (Å²) in [6, 6.07) is 12.3. The van der Waals surface area contributed by atoms with Crippen molar-refractivity contribution in [2.45, 2.75) is 54.9 Å². The maximum Gasteiger partial charge on any atom is 0.150 e. The maximum absolute atomic E-state index is 11.3. The van der Waals surface area contributed by atoms with E-state index in [4.69, 9.17) is 0 Å². The molecule has 0 aliphatic carbocycles. The summed E-state index contributed by atoms with van der Waals surface area (Å²) in [6.07, 6.45) is 3.76. The van der Waals surface area contributed by atoms with Crippen molar-refractivity contribution in [1.82, 2.24) is 0 Å². The lowest BCUT2D eigenvalue weighted by atomic mass is 10.00. The summed E-state index contributed by atoms with van der Waals surface area (Å²) >= 11 is 4.57. The molecule has 0 aliphatic heterocycles. The van der Waals surface area contributed by atoms with E-state index in [1.165, 1.54) is 5.56 Å². The van der Waals surface area contributed by atoms with E-state index in [0.717, 1.165) is 46.5 Å². The fourth-order valence-electron chi connectivity index (χ4n) is 3.26. The molecule has 0 radical (unpaired) electrons. The van der Waals surface area contributed by atoms with E-state index < -0.39 is 0 Å². The first-order chi connectivity index (χ1) is 14.8. The Morgan fingerprint density at radius 2 is 1.68 bits per heavy atom. The molecule has 3 nitrogen and oxygen atoms in total. The van der Waals surface area contributed by atoms with Gasteiger partial charge in [-0.05, 0) is 55.2 Å². The highest BCUT2D eigenvalue weighted by Gasteiger charge is 2.17. The Morgan fingerprint density at radius 1 is 1.06 bits per heavy atom. The van der Waals surface area contributed by atoms with E-state index >= 15 is 0 Å². The zero-order valence-corrected chi connectivity index (χ0v) is 21.7. The molecule has 0 N–H and O–H groups in total. The van der Waals surface area contributed by atoms with Crippen molar-refractivity contribution in [3.05, 3.63) is 76.3 Å². The molecule has 4 heteroatoms. The molecule has 0 aliphatic rings. The number of aldehydes is 1. The summed E-state index contributed by atoms with van der Waals surface area (Å²) < 4.78 is 0. The number of allylic oxidation sites excluding steroid dienone is 1. The van der Waals surface area contributed by atoms with E-state index in [0.29, 0.717) is 5.03 Å². The molecule has 0 unspecified atom stereocenters. The van der Waals surface area contributed by atoms with Gasteiger partial charge in [-0.15, -0.1) is 12.6 Å². The smallest absolute Gasteiger partial charge is 0.150 e. The fraction of sp³-hybridized carbons (Fsp3) is 0.370. The van der Waals surface area contributed by atoms with E-state index in [2.05, 4.69) is 62.2 Å². The first-order valence-corrected chi connectivity index (χ1v) is 11.5. The normalized spacial score (nSPS) is 10.2. The van der Waals surface area contributed by atoms with Crippen LogP contribution < -0.4 is 9.80 Å². The molecule has 31 heavy (non-hydrogen) atoms. The number of carbonyl (C=O) groups excluding carboxylic acids is 1. The van der Waals surface area contributed by atoms with Crippen molar-refractivity contribution < 1.29 is 4.79 Å². The van der Waals surface area contributed by atoms with Gasteiger partial charge in [0.2, 0.25) is 0 Å². The Morgan fingerprint density at radius 3 is 2.13 bits per heavy atom. The number of aryl methyl sites for hydroxylation is 2. The lowest BCUT2D eigenvalue weighted by Gasteiger charge is -2.29. The van der Waals surface area contributed by atoms with Crippen LogP contribution in [0, 0.1) is 6.92 Å². The van der Waals surface area contributed by atoms with E-state index in [1.54, 1.807) is 0 Å². The third kappa shape index (κ3) is 7.32. The second kappa shape index (κ2) is 14.5. The molecule has 0 spiro atoms. The molecule has 2 aromatic rings. The minimum Gasteiger partial charge on any atom is -0.377 e. The number of benzene rings is 2. The maximum atomic E-state index is 11.3. The molecule has 0 heterocycles. The lowest BCUT2D eigenvalue weighted by Crippen LogP contribution is -2.19. The van der Waals surface area contributed by atoms with Crippen molar-refractivity contribution in [1.29, 1.82) is 0 Å². The van der Waals surface area contributed by atoms with Gasteiger partial charge in [0.05, 0.1) is 5.03 Å². The highest BCUT2D eigenvalue weighted by molar-refractivity contribution is 7.84. The Hall–Kier alpha value is -2.46. The highest BCUT2D eigenvalue weighted by atomic mass is 32.1. The van der Waals surface area contributed by atoms with Crippen LogP contribution in [0.15, 0.2) is 54.1 Å².